The second kappa shape index (κ2) is 10.5. The monoisotopic (exact) mass is 390 g/mol. The third-order valence-electron chi connectivity index (χ3n) is 5.00. The van der Waals surface area contributed by atoms with Crippen LogP contribution in [0.1, 0.15) is 24.0 Å². The van der Waals surface area contributed by atoms with Gasteiger partial charge in [-0.25, -0.2) is 0 Å². The van der Waals surface area contributed by atoms with Crippen molar-refractivity contribution in [2.45, 2.75) is 37.8 Å². The van der Waals surface area contributed by atoms with E-state index in [2.05, 4.69) is 42.5 Å². The van der Waals surface area contributed by atoms with Gasteiger partial charge in [0, 0.05) is 32.4 Å². The Labute approximate surface area is 169 Å². The minimum atomic E-state index is -0.508. The van der Waals surface area contributed by atoms with E-state index in [4.69, 9.17) is 4.74 Å². The molecule has 2 aromatic rings. The lowest BCUT2D eigenvalue weighted by molar-refractivity contribution is 0.103. The minimum absolute atomic E-state index is 0. The fourth-order valence-corrected chi connectivity index (χ4v) is 3.48. The quantitative estimate of drug-likeness (QED) is 0.711. The van der Waals surface area contributed by atoms with Crippen LogP contribution in [0.25, 0.3) is 0 Å². The van der Waals surface area contributed by atoms with Gasteiger partial charge in [-0.1, -0.05) is 24.3 Å². The Morgan fingerprint density at radius 1 is 1.15 bits per heavy atom. The molecule has 0 radical (unpaired) electrons. The topological polar surface area (TPSA) is 44.7 Å². The second-order valence-corrected chi connectivity index (χ2v) is 7.33. The molecule has 0 heterocycles. The van der Waals surface area contributed by atoms with E-state index in [0.717, 1.165) is 25.0 Å². The second-order valence-electron chi connectivity index (χ2n) is 7.33. The standard InChI is InChI=1S/C22H30N2O2.ClH/c1-24(2)20-12-11-17-7-6-8-19(13-18(17)14-20)23-15-21(25)16-26-22-9-4-3-5-10-22;/h3-5,9-12,14,19,21,23,25H,6-8,13,15-16H2,1-2H3;1H/t19?,21-;/m0./s1. The fourth-order valence-electron chi connectivity index (χ4n) is 3.48. The summed E-state index contributed by atoms with van der Waals surface area (Å²) in [6.45, 7) is 0.866. The lowest BCUT2D eigenvalue weighted by Gasteiger charge is -2.21. The highest BCUT2D eigenvalue weighted by atomic mass is 35.5. The summed E-state index contributed by atoms with van der Waals surface area (Å²) < 4.78 is 5.64. The Kier molecular flexibility index (Phi) is 8.42. The molecule has 4 nitrogen and oxygen atoms in total. The van der Waals surface area contributed by atoms with Crippen LogP contribution in [0.5, 0.6) is 5.75 Å². The van der Waals surface area contributed by atoms with Crippen molar-refractivity contribution in [3.05, 3.63) is 59.7 Å². The van der Waals surface area contributed by atoms with Gasteiger partial charge in [0.05, 0.1) is 0 Å². The van der Waals surface area contributed by atoms with Gasteiger partial charge in [-0.3, -0.25) is 0 Å². The van der Waals surface area contributed by atoms with Crippen LogP contribution in [-0.2, 0) is 12.8 Å². The van der Waals surface area contributed by atoms with E-state index in [1.807, 2.05) is 30.3 Å². The van der Waals surface area contributed by atoms with Crippen molar-refractivity contribution >= 4 is 18.1 Å². The molecule has 3 rings (SSSR count). The SMILES string of the molecule is CN(C)c1ccc2c(c1)CC(NC[C@H](O)COc1ccccc1)CCC2.Cl. The van der Waals surface area contributed by atoms with Gasteiger partial charge in [0.25, 0.3) is 0 Å². The molecule has 2 N–H and O–H groups in total. The first kappa shape index (κ1) is 21.5. The first-order valence-electron chi connectivity index (χ1n) is 9.50. The van der Waals surface area contributed by atoms with Crippen molar-refractivity contribution in [3.63, 3.8) is 0 Å². The number of halogens is 1. The number of hydrogen-bond donors (Lipinski definition) is 2. The maximum absolute atomic E-state index is 10.2. The minimum Gasteiger partial charge on any atom is -0.491 e. The summed E-state index contributed by atoms with van der Waals surface area (Å²) in [5.74, 6) is 0.797. The molecule has 2 aromatic carbocycles. The van der Waals surface area contributed by atoms with E-state index < -0.39 is 6.10 Å². The number of aliphatic hydroxyl groups is 1. The van der Waals surface area contributed by atoms with Crippen molar-refractivity contribution in [2.75, 3.05) is 32.1 Å². The predicted octanol–water partition coefficient (Wildman–Crippen LogP) is 3.45. The van der Waals surface area contributed by atoms with Gasteiger partial charge >= 0.3 is 0 Å². The average molecular weight is 391 g/mol. The molecule has 0 amide bonds. The molecule has 27 heavy (non-hydrogen) atoms. The first-order chi connectivity index (χ1) is 12.6. The number of anilines is 1. The van der Waals surface area contributed by atoms with Crippen LogP contribution in [0.2, 0.25) is 0 Å². The van der Waals surface area contributed by atoms with Crippen molar-refractivity contribution < 1.29 is 9.84 Å². The summed E-state index contributed by atoms with van der Waals surface area (Å²) in [6, 6.07) is 16.8. The van der Waals surface area contributed by atoms with E-state index in [-0.39, 0.29) is 12.4 Å². The summed E-state index contributed by atoms with van der Waals surface area (Å²) in [4.78, 5) is 2.15. The Morgan fingerprint density at radius 3 is 2.67 bits per heavy atom. The Morgan fingerprint density at radius 2 is 1.93 bits per heavy atom. The third kappa shape index (κ3) is 6.42. The number of aliphatic hydroxyl groups excluding tert-OH is 1. The van der Waals surface area contributed by atoms with Crippen LogP contribution in [0.3, 0.4) is 0 Å². The highest BCUT2D eigenvalue weighted by Gasteiger charge is 2.18. The predicted molar refractivity (Wildman–Crippen MR) is 114 cm³/mol. The Bertz CT molecular complexity index is 694. The van der Waals surface area contributed by atoms with Gasteiger partial charge in [0.2, 0.25) is 0 Å². The lowest BCUT2D eigenvalue weighted by Crippen LogP contribution is -2.39. The third-order valence-corrected chi connectivity index (χ3v) is 5.00. The largest absolute Gasteiger partial charge is 0.491 e. The van der Waals surface area contributed by atoms with Gasteiger partial charge in [0.1, 0.15) is 18.5 Å². The number of nitrogens with zero attached hydrogens (tertiary/aromatic N) is 1. The molecule has 2 atom stereocenters. The van der Waals surface area contributed by atoms with Gasteiger partial charge in [-0.05, 0) is 61.1 Å². The summed E-state index contributed by atoms with van der Waals surface area (Å²) in [5, 5.41) is 13.8. The number of hydrogen-bond acceptors (Lipinski definition) is 4. The first-order valence-corrected chi connectivity index (χ1v) is 9.50. The normalized spacial score (nSPS) is 17.2. The number of aryl methyl sites for hydroxylation is 1. The molecule has 1 unspecified atom stereocenters. The summed E-state index contributed by atoms with van der Waals surface area (Å²) in [5.41, 5.74) is 4.15. The molecular weight excluding hydrogens is 360 g/mol. The van der Waals surface area contributed by atoms with Crippen LogP contribution in [0.4, 0.5) is 5.69 Å². The van der Waals surface area contributed by atoms with Crippen molar-refractivity contribution in [1.82, 2.24) is 5.32 Å². The van der Waals surface area contributed by atoms with Crippen molar-refractivity contribution in [1.29, 1.82) is 0 Å². The van der Waals surface area contributed by atoms with Crippen molar-refractivity contribution in [3.8, 4) is 5.75 Å². The van der Waals surface area contributed by atoms with E-state index in [1.54, 1.807) is 0 Å². The Balaban J connectivity index is 0.00000261. The molecule has 0 saturated heterocycles. The van der Waals surface area contributed by atoms with Gasteiger partial charge < -0.3 is 20.1 Å². The molecule has 0 saturated carbocycles. The number of ether oxygens (including phenoxy) is 1. The van der Waals surface area contributed by atoms with Crippen LogP contribution < -0.4 is 15.0 Å². The summed E-state index contributed by atoms with van der Waals surface area (Å²) in [7, 11) is 4.16. The van der Waals surface area contributed by atoms with E-state index in [9.17, 15) is 5.11 Å². The highest BCUT2D eigenvalue weighted by molar-refractivity contribution is 5.85. The zero-order valence-electron chi connectivity index (χ0n) is 16.2. The van der Waals surface area contributed by atoms with Gasteiger partial charge in [-0.15, -0.1) is 12.4 Å². The molecule has 0 aromatic heterocycles. The van der Waals surface area contributed by atoms with Crippen molar-refractivity contribution in [2.24, 2.45) is 0 Å². The maximum Gasteiger partial charge on any atom is 0.119 e. The molecule has 0 spiro atoms. The van der Waals surface area contributed by atoms with Gasteiger partial charge in [-0.2, -0.15) is 0 Å². The van der Waals surface area contributed by atoms with Gasteiger partial charge in [0.15, 0.2) is 0 Å². The molecule has 148 valence electrons. The molecule has 5 heteroatoms. The molecule has 0 fully saturated rings. The van der Waals surface area contributed by atoms with E-state index in [1.165, 1.54) is 23.2 Å². The van der Waals surface area contributed by atoms with Crippen LogP contribution in [0, 0.1) is 0 Å². The lowest BCUT2D eigenvalue weighted by atomic mass is 10.0. The molecule has 0 bridgehead atoms. The maximum atomic E-state index is 10.2. The average Bonchev–Trinajstić information content (AvgIpc) is 2.86. The molecule has 1 aliphatic rings. The van der Waals surface area contributed by atoms with E-state index in [0.29, 0.717) is 19.2 Å². The Hall–Kier alpha value is -1.75. The number of benzene rings is 2. The van der Waals surface area contributed by atoms with Crippen LogP contribution in [0.15, 0.2) is 48.5 Å². The number of para-hydroxylation sites is 1. The van der Waals surface area contributed by atoms with E-state index >= 15 is 0 Å². The number of rotatable bonds is 7. The molecule has 0 aliphatic heterocycles. The fraction of sp³-hybridized carbons (Fsp3) is 0.455. The molecular formula is C22H31ClN2O2. The smallest absolute Gasteiger partial charge is 0.119 e. The zero-order chi connectivity index (χ0) is 18.4. The number of nitrogens with one attached hydrogen (secondary N) is 1. The highest BCUT2D eigenvalue weighted by Crippen LogP contribution is 2.25. The van der Waals surface area contributed by atoms with Crippen LogP contribution >= 0.6 is 12.4 Å². The summed E-state index contributed by atoms with van der Waals surface area (Å²) >= 11 is 0. The number of fused-ring (bicyclic) bond motifs is 1. The van der Waals surface area contributed by atoms with Crippen LogP contribution in [-0.4, -0.2) is 44.5 Å². The summed E-state index contributed by atoms with van der Waals surface area (Å²) in [6.07, 6.45) is 3.97. The zero-order valence-corrected chi connectivity index (χ0v) is 17.0. The molecule has 1 aliphatic carbocycles.